The highest BCUT2D eigenvalue weighted by molar-refractivity contribution is 6.16. The Morgan fingerprint density at radius 3 is 2.88 bits per heavy atom. The quantitative estimate of drug-likeness (QED) is 0.752. The summed E-state index contributed by atoms with van der Waals surface area (Å²) in [5.74, 6) is 1.18. The third-order valence-electron chi connectivity index (χ3n) is 2.55. The van der Waals surface area contributed by atoms with Crippen molar-refractivity contribution in [3.8, 4) is 11.5 Å². The van der Waals surface area contributed by atoms with Crippen molar-refractivity contribution < 1.29 is 9.15 Å². The predicted molar refractivity (Wildman–Crippen MR) is 57.8 cm³/mol. The van der Waals surface area contributed by atoms with Gasteiger partial charge in [-0.3, -0.25) is 0 Å². The lowest BCUT2D eigenvalue weighted by atomic mass is 10.1. The van der Waals surface area contributed by atoms with Crippen LogP contribution in [0.1, 0.15) is 17.0 Å². The third-order valence-corrected chi connectivity index (χ3v) is 2.78. The molecular formula is C11H9ClN2O2. The molecule has 2 aromatic rings. The fourth-order valence-corrected chi connectivity index (χ4v) is 1.84. The Morgan fingerprint density at radius 1 is 1.19 bits per heavy atom. The molecule has 1 aliphatic rings. The Bertz CT molecular complexity index is 524. The number of hydrogen-bond donors (Lipinski definition) is 0. The number of benzene rings is 1. The van der Waals surface area contributed by atoms with E-state index in [0.717, 1.165) is 5.56 Å². The Hall–Kier alpha value is -1.39. The number of hydrogen-bond acceptors (Lipinski definition) is 4. The fraction of sp³-hybridized carbons (Fsp3) is 0.273. The van der Waals surface area contributed by atoms with Gasteiger partial charge in [-0.2, -0.15) is 0 Å². The molecule has 0 saturated heterocycles. The maximum Gasteiger partial charge on any atom is 0.247 e. The van der Waals surface area contributed by atoms with Crippen LogP contribution in [0.15, 0.2) is 22.6 Å². The van der Waals surface area contributed by atoms with E-state index in [4.69, 9.17) is 20.8 Å². The van der Waals surface area contributed by atoms with Crippen molar-refractivity contribution in [3.63, 3.8) is 0 Å². The molecule has 1 aromatic heterocycles. The van der Waals surface area contributed by atoms with Crippen LogP contribution < -0.4 is 0 Å². The Balaban J connectivity index is 2.00. The van der Waals surface area contributed by atoms with Crippen LogP contribution in [0.2, 0.25) is 0 Å². The van der Waals surface area contributed by atoms with E-state index in [1.807, 2.05) is 18.2 Å². The molecule has 82 valence electrons. The predicted octanol–water partition coefficient (Wildman–Crippen LogP) is 2.51. The molecule has 0 spiro atoms. The second-order valence-corrected chi connectivity index (χ2v) is 3.88. The number of fused-ring (bicyclic) bond motifs is 1. The molecule has 2 heterocycles. The summed E-state index contributed by atoms with van der Waals surface area (Å²) in [5.41, 5.74) is 3.32. The molecule has 0 fully saturated rings. The summed E-state index contributed by atoms with van der Waals surface area (Å²) in [6.07, 6.45) is 0. The number of nitrogens with zero attached hydrogens (tertiary/aromatic N) is 2. The molecule has 4 nitrogen and oxygen atoms in total. The third kappa shape index (κ3) is 1.60. The van der Waals surface area contributed by atoms with Crippen LogP contribution in [0.5, 0.6) is 0 Å². The summed E-state index contributed by atoms with van der Waals surface area (Å²) in [7, 11) is 0. The van der Waals surface area contributed by atoms with Gasteiger partial charge in [-0.25, -0.2) is 0 Å². The van der Waals surface area contributed by atoms with Gasteiger partial charge in [-0.15, -0.1) is 21.8 Å². The monoisotopic (exact) mass is 236 g/mol. The molecule has 0 unspecified atom stereocenters. The van der Waals surface area contributed by atoms with E-state index >= 15 is 0 Å². The molecule has 1 aromatic carbocycles. The topological polar surface area (TPSA) is 48.2 Å². The van der Waals surface area contributed by atoms with E-state index in [-0.39, 0.29) is 5.88 Å². The van der Waals surface area contributed by atoms with Crippen molar-refractivity contribution in [3.05, 3.63) is 35.2 Å². The summed E-state index contributed by atoms with van der Waals surface area (Å²) >= 11 is 5.61. The Kier molecular flexibility index (Phi) is 2.38. The molecule has 1 aliphatic heterocycles. The maximum atomic E-state index is 5.61. The average molecular weight is 237 g/mol. The minimum atomic E-state index is 0.237. The van der Waals surface area contributed by atoms with Crippen LogP contribution in [-0.2, 0) is 23.8 Å². The van der Waals surface area contributed by atoms with Gasteiger partial charge in [0.05, 0.1) is 13.2 Å². The van der Waals surface area contributed by atoms with Gasteiger partial charge in [0, 0.05) is 5.56 Å². The molecule has 5 heteroatoms. The van der Waals surface area contributed by atoms with Crippen molar-refractivity contribution in [2.75, 3.05) is 0 Å². The molecule has 16 heavy (non-hydrogen) atoms. The normalized spacial score (nSPS) is 14.1. The van der Waals surface area contributed by atoms with E-state index in [2.05, 4.69) is 10.2 Å². The Morgan fingerprint density at radius 2 is 2.06 bits per heavy atom. The minimum absolute atomic E-state index is 0.237. The number of halogens is 1. The zero-order valence-electron chi connectivity index (χ0n) is 8.44. The van der Waals surface area contributed by atoms with Crippen LogP contribution in [0.3, 0.4) is 0 Å². The average Bonchev–Trinajstić information content (AvgIpc) is 2.96. The van der Waals surface area contributed by atoms with E-state index in [1.165, 1.54) is 11.1 Å². The molecule has 0 N–H and O–H groups in total. The maximum absolute atomic E-state index is 5.61. The number of rotatable bonds is 2. The van der Waals surface area contributed by atoms with Crippen molar-refractivity contribution >= 4 is 11.6 Å². The van der Waals surface area contributed by atoms with E-state index in [1.54, 1.807) is 0 Å². The largest absolute Gasteiger partial charge is 0.419 e. The van der Waals surface area contributed by atoms with Crippen molar-refractivity contribution in [2.24, 2.45) is 0 Å². The molecule has 0 bridgehead atoms. The smallest absolute Gasteiger partial charge is 0.247 e. The van der Waals surface area contributed by atoms with Gasteiger partial charge < -0.3 is 9.15 Å². The lowest BCUT2D eigenvalue weighted by Gasteiger charge is -1.98. The highest BCUT2D eigenvalue weighted by Gasteiger charge is 2.14. The zero-order valence-corrected chi connectivity index (χ0v) is 9.20. The first-order valence-corrected chi connectivity index (χ1v) is 5.48. The first kappa shape index (κ1) is 9.81. The lowest BCUT2D eigenvalue weighted by molar-refractivity contribution is 0.134. The summed E-state index contributed by atoms with van der Waals surface area (Å²) < 4.78 is 10.7. The number of ether oxygens (including phenoxy) is 1. The van der Waals surface area contributed by atoms with Gasteiger partial charge in [-0.1, -0.05) is 6.07 Å². The summed E-state index contributed by atoms with van der Waals surface area (Å²) in [6, 6.07) is 6.01. The lowest BCUT2D eigenvalue weighted by Crippen LogP contribution is -1.84. The van der Waals surface area contributed by atoms with Crippen LogP contribution >= 0.6 is 11.6 Å². The highest BCUT2D eigenvalue weighted by atomic mass is 35.5. The van der Waals surface area contributed by atoms with Gasteiger partial charge >= 0.3 is 0 Å². The molecule has 3 rings (SSSR count). The summed E-state index contributed by atoms with van der Waals surface area (Å²) in [5, 5.41) is 7.77. The molecule has 0 saturated carbocycles. The second-order valence-electron chi connectivity index (χ2n) is 3.61. The van der Waals surface area contributed by atoms with Gasteiger partial charge in [0.25, 0.3) is 0 Å². The van der Waals surface area contributed by atoms with Gasteiger partial charge in [-0.05, 0) is 23.3 Å². The first-order chi connectivity index (χ1) is 7.86. The van der Waals surface area contributed by atoms with E-state index in [9.17, 15) is 0 Å². The molecule has 0 atom stereocenters. The first-order valence-electron chi connectivity index (χ1n) is 4.95. The van der Waals surface area contributed by atoms with E-state index < -0.39 is 0 Å². The van der Waals surface area contributed by atoms with Crippen LogP contribution in [0, 0.1) is 0 Å². The highest BCUT2D eigenvalue weighted by Crippen LogP contribution is 2.26. The molecule has 0 radical (unpaired) electrons. The van der Waals surface area contributed by atoms with Crippen molar-refractivity contribution in [2.45, 2.75) is 19.1 Å². The van der Waals surface area contributed by atoms with Crippen molar-refractivity contribution in [1.29, 1.82) is 0 Å². The summed E-state index contributed by atoms with van der Waals surface area (Å²) in [4.78, 5) is 0. The second kappa shape index (κ2) is 3.88. The minimum Gasteiger partial charge on any atom is -0.419 e. The zero-order chi connectivity index (χ0) is 11.0. The summed E-state index contributed by atoms with van der Waals surface area (Å²) in [6.45, 7) is 1.34. The fourth-order valence-electron chi connectivity index (χ4n) is 1.73. The van der Waals surface area contributed by atoms with Gasteiger partial charge in [0.15, 0.2) is 0 Å². The van der Waals surface area contributed by atoms with Crippen LogP contribution in [-0.4, -0.2) is 10.2 Å². The standard InChI is InChI=1S/C11H9ClN2O2/c12-4-10-13-14-11(16-10)7-1-2-8-5-15-6-9(8)3-7/h1-3H,4-6H2. The van der Waals surface area contributed by atoms with Crippen LogP contribution in [0.25, 0.3) is 11.5 Å². The Labute approximate surface area is 97.2 Å². The van der Waals surface area contributed by atoms with Gasteiger partial charge in [0.2, 0.25) is 11.8 Å². The van der Waals surface area contributed by atoms with Gasteiger partial charge in [0.1, 0.15) is 5.88 Å². The molecular weight excluding hydrogens is 228 g/mol. The van der Waals surface area contributed by atoms with Crippen LogP contribution in [0.4, 0.5) is 0 Å². The number of alkyl halides is 1. The van der Waals surface area contributed by atoms with E-state index in [0.29, 0.717) is 25.0 Å². The molecule has 0 amide bonds. The molecule has 0 aliphatic carbocycles. The SMILES string of the molecule is ClCc1nnc(-c2ccc3c(c2)COC3)o1. The van der Waals surface area contributed by atoms with Crippen molar-refractivity contribution in [1.82, 2.24) is 10.2 Å². The number of aromatic nitrogens is 2.